The molecule has 0 heterocycles. The molecule has 0 aromatic heterocycles. The molecule has 0 radical (unpaired) electrons. The number of rotatable bonds is 6. The van der Waals surface area contributed by atoms with E-state index >= 15 is 0 Å². The van der Waals surface area contributed by atoms with Gasteiger partial charge in [-0.2, -0.15) is 0 Å². The molecule has 1 aromatic carbocycles. The van der Waals surface area contributed by atoms with Crippen molar-refractivity contribution in [2.75, 3.05) is 18.0 Å². The van der Waals surface area contributed by atoms with E-state index in [1.54, 1.807) is 0 Å². The van der Waals surface area contributed by atoms with E-state index in [1.807, 2.05) is 6.07 Å². The summed E-state index contributed by atoms with van der Waals surface area (Å²) in [6.45, 7) is 1.97. The van der Waals surface area contributed by atoms with Crippen LogP contribution in [0.25, 0.3) is 0 Å². The van der Waals surface area contributed by atoms with Gasteiger partial charge in [-0.1, -0.05) is 37.5 Å². The fourth-order valence-electron chi connectivity index (χ4n) is 2.90. The molecule has 3 nitrogen and oxygen atoms in total. The minimum absolute atomic E-state index is 0.282. The second kappa shape index (κ2) is 7.17. The smallest absolute Gasteiger partial charge is 0.0923 e. The average molecular weight is 259 g/mol. The van der Waals surface area contributed by atoms with Crippen LogP contribution in [0.5, 0.6) is 0 Å². The molecule has 1 saturated carbocycles. The van der Waals surface area contributed by atoms with Crippen molar-refractivity contribution in [2.24, 2.45) is 11.7 Å². The topological polar surface area (TPSA) is 53.1 Å². The van der Waals surface area contributed by atoms with E-state index in [9.17, 15) is 0 Å². The van der Waals surface area contributed by atoms with Crippen LogP contribution in [0, 0.1) is 11.3 Å². The van der Waals surface area contributed by atoms with Crippen molar-refractivity contribution in [1.29, 1.82) is 5.41 Å². The van der Waals surface area contributed by atoms with E-state index in [2.05, 4.69) is 29.2 Å². The Balaban J connectivity index is 1.98. The largest absolute Gasteiger partial charge is 0.388 e. The molecule has 3 N–H and O–H groups in total. The molecule has 1 aliphatic carbocycles. The number of nitrogens with two attached hydrogens (primary N) is 1. The Kier molecular flexibility index (Phi) is 5.25. The van der Waals surface area contributed by atoms with Gasteiger partial charge in [0, 0.05) is 25.2 Å². The minimum atomic E-state index is 0.282. The van der Waals surface area contributed by atoms with Crippen LogP contribution in [-0.4, -0.2) is 18.9 Å². The van der Waals surface area contributed by atoms with E-state index in [-0.39, 0.29) is 5.84 Å². The van der Waals surface area contributed by atoms with E-state index in [0.717, 1.165) is 19.0 Å². The summed E-state index contributed by atoms with van der Waals surface area (Å²) >= 11 is 0. The van der Waals surface area contributed by atoms with Crippen LogP contribution in [0.1, 0.15) is 38.5 Å². The Hall–Kier alpha value is -1.51. The number of nitrogens with zero attached hydrogens (tertiary/aromatic N) is 1. The summed E-state index contributed by atoms with van der Waals surface area (Å²) in [4.78, 5) is 2.40. The van der Waals surface area contributed by atoms with Gasteiger partial charge in [-0.25, -0.2) is 0 Å². The highest BCUT2D eigenvalue weighted by Gasteiger charge is 2.17. The summed E-state index contributed by atoms with van der Waals surface area (Å²) in [6, 6.07) is 10.5. The predicted molar refractivity (Wildman–Crippen MR) is 81.8 cm³/mol. The molecule has 0 spiro atoms. The first-order chi connectivity index (χ1) is 9.25. The molecule has 2 rings (SSSR count). The zero-order valence-electron chi connectivity index (χ0n) is 11.6. The third-order valence-electron chi connectivity index (χ3n) is 3.98. The van der Waals surface area contributed by atoms with Crippen molar-refractivity contribution < 1.29 is 0 Å². The molecule has 3 heteroatoms. The number of para-hydroxylation sites is 1. The maximum Gasteiger partial charge on any atom is 0.0923 e. The van der Waals surface area contributed by atoms with E-state index < -0.39 is 0 Å². The van der Waals surface area contributed by atoms with Gasteiger partial charge in [-0.15, -0.1) is 0 Å². The number of nitrogens with one attached hydrogen (secondary N) is 1. The Labute approximate surface area is 116 Å². The summed E-state index contributed by atoms with van der Waals surface area (Å²) < 4.78 is 0. The lowest BCUT2D eigenvalue weighted by atomic mass is 9.89. The predicted octanol–water partition coefficient (Wildman–Crippen LogP) is 3.40. The van der Waals surface area contributed by atoms with Crippen molar-refractivity contribution in [3.63, 3.8) is 0 Å². The minimum Gasteiger partial charge on any atom is -0.388 e. The Morgan fingerprint density at radius 1 is 1.16 bits per heavy atom. The van der Waals surface area contributed by atoms with Crippen molar-refractivity contribution in [2.45, 2.75) is 38.5 Å². The number of benzene rings is 1. The standard InChI is InChI=1S/C16H25N3/c17-16(18)11-12-19(15-9-5-2-6-10-15)13-14-7-3-1-4-8-14/h2,5-6,9-10,14H,1,3-4,7-8,11-13H2,(H3,17,18). The van der Waals surface area contributed by atoms with Crippen LogP contribution < -0.4 is 10.6 Å². The van der Waals surface area contributed by atoms with Gasteiger partial charge in [0.15, 0.2) is 0 Å². The average Bonchev–Trinajstić information content (AvgIpc) is 2.45. The van der Waals surface area contributed by atoms with Gasteiger partial charge in [0.1, 0.15) is 0 Å². The first-order valence-corrected chi connectivity index (χ1v) is 7.38. The number of hydrogen-bond acceptors (Lipinski definition) is 2. The summed E-state index contributed by atoms with van der Waals surface area (Å²) in [5.74, 6) is 1.09. The monoisotopic (exact) mass is 259 g/mol. The summed E-state index contributed by atoms with van der Waals surface area (Å²) in [7, 11) is 0. The van der Waals surface area contributed by atoms with Crippen LogP contribution in [0.2, 0.25) is 0 Å². The number of amidine groups is 1. The molecule has 0 amide bonds. The van der Waals surface area contributed by atoms with Crippen molar-refractivity contribution in [3.05, 3.63) is 30.3 Å². The van der Waals surface area contributed by atoms with Crippen LogP contribution in [0.4, 0.5) is 5.69 Å². The Morgan fingerprint density at radius 3 is 2.47 bits per heavy atom. The lowest BCUT2D eigenvalue weighted by Gasteiger charge is -2.31. The number of anilines is 1. The zero-order chi connectivity index (χ0) is 13.5. The maximum absolute atomic E-state index is 7.42. The van der Waals surface area contributed by atoms with Crippen LogP contribution in [-0.2, 0) is 0 Å². The van der Waals surface area contributed by atoms with Gasteiger partial charge in [-0.3, -0.25) is 5.41 Å². The van der Waals surface area contributed by atoms with Crippen molar-refractivity contribution in [1.82, 2.24) is 0 Å². The van der Waals surface area contributed by atoms with Gasteiger partial charge >= 0.3 is 0 Å². The normalized spacial score (nSPS) is 16.2. The molecule has 19 heavy (non-hydrogen) atoms. The van der Waals surface area contributed by atoms with Crippen LogP contribution >= 0.6 is 0 Å². The van der Waals surface area contributed by atoms with Gasteiger partial charge in [0.05, 0.1) is 5.84 Å². The van der Waals surface area contributed by atoms with Gasteiger partial charge in [0.2, 0.25) is 0 Å². The quantitative estimate of drug-likeness (QED) is 0.607. The second-order valence-electron chi connectivity index (χ2n) is 5.56. The van der Waals surface area contributed by atoms with Gasteiger partial charge < -0.3 is 10.6 Å². The van der Waals surface area contributed by atoms with Crippen molar-refractivity contribution in [3.8, 4) is 0 Å². The third-order valence-corrected chi connectivity index (χ3v) is 3.98. The molecule has 0 bridgehead atoms. The summed E-state index contributed by atoms with van der Waals surface area (Å²) in [5.41, 5.74) is 6.77. The van der Waals surface area contributed by atoms with E-state index in [4.69, 9.17) is 11.1 Å². The molecular weight excluding hydrogens is 234 g/mol. The maximum atomic E-state index is 7.42. The van der Waals surface area contributed by atoms with Crippen molar-refractivity contribution >= 4 is 11.5 Å². The SMILES string of the molecule is N=C(N)CCN(CC1CCCCC1)c1ccccc1. The summed E-state index contributed by atoms with van der Waals surface area (Å²) in [6.07, 6.45) is 7.50. The van der Waals surface area contributed by atoms with E-state index in [0.29, 0.717) is 6.42 Å². The lowest BCUT2D eigenvalue weighted by molar-refractivity contribution is 0.358. The Bertz CT molecular complexity index is 382. The van der Waals surface area contributed by atoms with Gasteiger partial charge in [-0.05, 0) is 30.9 Å². The molecule has 1 aliphatic rings. The second-order valence-corrected chi connectivity index (χ2v) is 5.56. The summed E-state index contributed by atoms with van der Waals surface area (Å²) in [5, 5.41) is 7.42. The fraction of sp³-hybridized carbons (Fsp3) is 0.562. The lowest BCUT2D eigenvalue weighted by Crippen LogP contribution is -2.33. The molecule has 1 aromatic rings. The molecule has 0 aliphatic heterocycles. The molecule has 0 atom stereocenters. The highest BCUT2D eigenvalue weighted by atomic mass is 15.1. The van der Waals surface area contributed by atoms with Gasteiger partial charge in [0.25, 0.3) is 0 Å². The number of hydrogen-bond donors (Lipinski definition) is 2. The Morgan fingerprint density at radius 2 is 1.84 bits per heavy atom. The molecule has 104 valence electrons. The molecule has 0 saturated heterocycles. The first-order valence-electron chi connectivity index (χ1n) is 7.38. The molecular formula is C16H25N3. The fourth-order valence-corrected chi connectivity index (χ4v) is 2.90. The third kappa shape index (κ3) is 4.58. The zero-order valence-corrected chi connectivity index (χ0v) is 11.6. The highest BCUT2D eigenvalue weighted by molar-refractivity contribution is 5.77. The molecule has 0 unspecified atom stereocenters. The van der Waals surface area contributed by atoms with Crippen LogP contribution in [0.3, 0.4) is 0 Å². The van der Waals surface area contributed by atoms with E-state index in [1.165, 1.54) is 37.8 Å². The molecule has 1 fully saturated rings. The van der Waals surface area contributed by atoms with Crippen LogP contribution in [0.15, 0.2) is 30.3 Å². The first kappa shape index (κ1) is 13.9. The highest BCUT2D eigenvalue weighted by Crippen LogP contribution is 2.26.